The molecule has 2 aromatic heterocycles. The number of hydrogen-bond acceptors (Lipinski definition) is 6. The molecule has 0 atom stereocenters. The first-order valence-corrected chi connectivity index (χ1v) is 8.01. The number of hydrogen-bond donors (Lipinski definition) is 2. The third-order valence-electron chi connectivity index (χ3n) is 3.98. The molecule has 3 N–H and O–H groups in total. The molecular formula is C18H16N6O2. The highest BCUT2D eigenvalue weighted by atomic mass is 16.5. The van der Waals surface area contributed by atoms with Crippen LogP contribution in [-0.4, -0.2) is 22.4 Å². The predicted molar refractivity (Wildman–Crippen MR) is 95.7 cm³/mol. The van der Waals surface area contributed by atoms with Gasteiger partial charge in [0.05, 0.1) is 5.39 Å². The van der Waals surface area contributed by atoms with Gasteiger partial charge in [-0.2, -0.15) is 9.99 Å². The molecular weight excluding hydrogens is 332 g/mol. The highest BCUT2D eigenvalue weighted by molar-refractivity contribution is 6.08. The molecule has 0 aliphatic heterocycles. The summed E-state index contributed by atoms with van der Waals surface area (Å²) < 4.78 is 0.460. The smallest absolute Gasteiger partial charge is 0.319 e. The van der Waals surface area contributed by atoms with Crippen LogP contribution in [0, 0.1) is 16.5 Å². The lowest BCUT2D eigenvalue weighted by atomic mass is 9.98. The number of nitrogens with zero attached hydrogens (tertiary/aromatic N) is 4. The summed E-state index contributed by atoms with van der Waals surface area (Å²) in [7, 11) is 0. The van der Waals surface area contributed by atoms with Crippen molar-refractivity contribution in [3.05, 3.63) is 53.5 Å². The molecule has 0 aliphatic carbocycles. The number of fused-ring (bicyclic) bond motifs is 1. The normalized spacial score (nSPS) is 10.5. The van der Waals surface area contributed by atoms with Crippen LogP contribution in [0.4, 0.5) is 5.69 Å². The van der Waals surface area contributed by atoms with Gasteiger partial charge < -0.3 is 16.3 Å². The molecule has 0 radical (unpaired) electrons. The van der Waals surface area contributed by atoms with Crippen molar-refractivity contribution in [2.75, 3.05) is 12.3 Å². The Morgan fingerprint density at radius 2 is 2.19 bits per heavy atom. The standard InChI is InChI=1S/C18H16N6O2/c1-2-6-22-18(25)17-16(20)12-5-3-4-11(14(12)9-24(17)26)13-8-21-10-23-15(13)7-19/h3-5,8-10H,2,6,20H2,1H3,(H,22,25). The summed E-state index contributed by atoms with van der Waals surface area (Å²) in [6, 6.07) is 7.22. The van der Waals surface area contributed by atoms with E-state index in [2.05, 4.69) is 15.3 Å². The van der Waals surface area contributed by atoms with Crippen molar-refractivity contribution in [3.8, 4) is 17.2 Å². The summed E-state index contributed by atoms with van der Waals surface area (Å²) in [6.07, 6.45) is 4.82. The van der Waals surface area contributed by atoms with Gasteiger partial charge in [0.15, 0.2) is 11.9 Å². The Morgan fingerprint density at radius 3 is 2.92 bits per heavy atom. The summed E-state index contributed by atoms with van der Waals surface area (Å²) in [4.78, 5) is 20.2. The molecule has 0 saturated carbocycles. The largest absolute Gasteiger partial charge is 0.618 e. The van der Waals surface area contributed by atoms with Gasteiger partial charge in [0.25, 0.3) is 0 Å². The van der Waals surface area contributed by atoms with Crippen molar-refractivity contribution in [1.82, 2.24) is 15.3 Å². The number of carbonyl (C=O) groups excluding carboxylic acids is 1. The molecule has 8 heteroatoms. The Kier molecular flexibility index (Phi) is 4.62. The van der Waals surface area contributed by atoms with E-state index in [0.717, 1.165) is 6.42 Å². The molecule has 8 nitrogen and oxygen atoms in total. The molecule has 26 heavy (non-hydrogen) atoms. The second-order valence-corrected chi connectivity index (χ2v) is 5.64. The van der Waals surface area contributed by atoms with Gasteiger partial charge >= 0.3 is 11.6 Å². The van der Waals surface area contributed by atoms with Crippen LogP contribution < -0.4 is 15.8 Å². The molecule has 3 aromatic rings. The highest BCUT2D eigenvalue weighted by Crippen LogP contribution is 2.32. The van der Waals surface area contributed by atoms with Crippen LogP contribution in [0.2, 0.25) is 0 Å². The first-order chi connectivity index (χ1) is 12.6. The molecule has 3 rings (SSSR count). The van der Waals surface area contributed by atoms with Crippen LogP contribution in [0.5, 0.6) is 0 Å². The maximum atomic E-state index is 12.5. The minimum absolute atomic E-state index is 0.0864. The van der Waals surface area contributed by atoms with Gasteiger partial charge in [-0.15, -0.1) is 0 Å². The maximum absolute atomic E-state index is 12.5. The third kappa shape index (κ3) is 2.86. The highest BCUT2D eigenvalue weighted by Gasteiger charge is 2.24. The number of amides is 1. The lowest BCUT2D eigenvalue weighted by molar-refractivity contribution is -0.605. The fraction of sp³-hybridized carbons (Fsp3) is 0.167. The quantitative estimate of drug-likeness (QED) is 0.543. The minimum atomic E-state index is -0.521. The fourth-order valence-electron chi connectivity index (χ4n) is 2.76. The topological polar surface area (TPSA) is 132 Å². The van der Waals surface area contributed by atoms with Crippen molar-refractivity contribution in [3.63, 3.8) is 0 Å². The zero-order valence-electron chi connectivity index (χ0n) is 14.1. The summed E-state index contributed by atoms with van der Waals surface area (Å²) >= 11 is 0. The molecule has 0 saturated heterocycles. The van der Waals surface area contributed by atoms with Gasteiger partial charge in [-0.25, -0.2) is 9.97 Å². The van der Waals surface area contributed by atoms with Crippen LogP contribution in [0.3, 0.4) is 0 Å². The molecule has 1 aromatic carbocycles. The van der Waals surface area contributed by atoms with Crippen molar-refractivity contribution in [1.29, 1.82) is 5.26 Å². The summed E-state index contributed by atoms with van der Waals surface area (Å²) in [5.41, 5.74) is 7.34. The lowest BCUT2D eigenvalue weighted by Crippen LogP contribution is -2.40. The number of rotatable bonds is 4. The fourth-order valence-corrected chi connectivity index (χ4v) is 2.76. The van der Waals surface area contributed by atoms with Crippen LogP contribution in [0.25, 0.3) is 21.9 Å². The monoisotopic (exact) mass is 348 g/mol. The molecule has 0 fully saturated rings. The first kappa shape index (κ1) is 17.1. The van der Waals surface area contributed by atoms with E-state index in [1.165, 1.54) is 18.7 Å². The first-order valence-electron chi connectivity index (χ1n) is 8.01. The van der Waals surface area contributed by atoms with Crippen LogP contribution in [-0.2, 0) is 0 Å². The molecule has 2 heterocycles. The molecule has 1 amide bonds. The van der Waals surface area contributed by atoms with E-state index >= 15 is 0 Å². The molecule has 0 bridgehead atoms. The third-order valence-corrected chi connectivity index (χ3v) is 3.98. The Labute approximate surface area is 149 Å². The number of aromatic nitrogens is 3. The van der Waals surface area contributed by atoms with E-state index in [9.17, 15) is 15.3 Å². The Bertz CT molecular complexity index is 1040. The van der Waals surface area contributed by atoms with Crippen molar-refractivity contribution in [2.45, 2.75) is 13.3 Å². The van der Waals surface area contributed by atoms with Gasteiger partial charge in [0.2, 0.25) is 0 Å². The number of carbonyl (C=O) groups is 1. The van der Waals surface area contributed by atoms with E-state index < -0.39 is 5.91 Å². The van der Waals surface area contributed by atoms with Crippen molar-refractivity contribution < 1.29 is 9.52 Å². The number of nitrogens with two attached hydrogens (primary N) is 1. The Balaban J connectivity index is 2.25. The molecule has 0 aliphatic rings. The van der Waals surface area contributed by atoms with Gasteiger partial charge in [-0.05, 0) is 6.42 Å². The van der Waals surface area contributed by atoms with E-state index in [4.69, 9.17) is 5.73 Å². The lowest BCUT2D eigenvalue weighted by Gasteiger charge is -2.12. The average Bonchev–Trinajstić information content (AvgIpc) is 2.66. The predicted octanol–water partition coefficient (Wildman–Crippen LogP) is 1.52. The van der Waals surface area contributed by atoms with Crippen molar-refractivity contribution in [2.24, 2.45) is 0 Å². The van der Waals surface area contributed by atoms with E-state index in [-0.39, 0.29) is 17.1 Å². The minimum Gasteiger partial charge on any atom is -0.618 e. The zero-order valence-corrected chi connectivity index (χ0v) is 14.1. The van der Waals surface area contributed by atoms with Crippen LogP contribution in [0.1, 0.15) is 29.5 Å². The van der Waals surface area contributed by atoms with Gasteiger partial charge in [0, 0.05) is 29.3 Å². The maximum Gasteiger partial charge on any atom is 0.319 e. The van der Waals surface area contributed by atoms with E-state index in [1.807, 2.05) is 13.0 Å². The number of nitrogen functional groups attached to an aromatic ring is 1. The Morgan fingerprint density at radius 1 is 1.38 bits per heavy atom. The van der Waals surface area contributed by atoms with Crippen molar-refractivity contribution >= 4 is 22.4 Å². The van der Waals surface area contributed by atoms with E-state index in [1.54, 1.807) is 18.2 Å². The summed E-state index contributed by atoms with van der Waals surface area (Å²) in [5, 5.41) is 25.5. The zero-order chi connectivity index (χ0) is 18.7. The van der Waals surface area contributed by atoms with Crippen LogP contribution in [0.15, 0.2) is 36.9 Å². The SMILES string of the molecule is CCCNC(=O)c1c(N)c2cccc(-c3cncnc3C#N)c2c[n+]1[O-]. The molecule has 0 unspecified atom stereocenters. The van der Waals surface area contributed by atoms with E-state index in [0.29, 0.717) is 33.2 Å². The molecule has 0 spiro atoms. The number of nitrogens with one attached hydrogen (secondary N) is 1. The van der Waals surface area contributed by atoms with Gasteiger partial charge in [-0.1, -0.05) is 25.1 Å². The Hall–Kier alpha value is -3.73. The number of benzene rings is 1. The second kappa shape index (κ2) is 7.03. The summed E-state index contributed by atoms with van der Waals surface area (Å²) in [6.45, 7) is 2.36. The summed E-state index contributed by atoms with van der Waals surface area (Å²) in [5.74, 6) is -0.521. The van der Waals surface area contributed by atoms with Gasteiger partial charge in [-0.3, -0.25) is 4.79 Å². The van der Waals surface area contributed by atoms with Gasteiger partial charge in [0.1, 0.15) is 18.1 Å². The number of pyridine rings is 1. The number of nitriles is 1. The number of anilines is 1. The second-order valence-electron chi connectivity index (χ2n) is 5.64. The molecule has 130 valence electrons. The average molecular weight is 348 g/mol. The van der Waals surface area contributed by atoms with Crippen LogP contribution >= 0.6 is 0 Å².